The lowest BCUT2D eigenvalue weighted by molar-refractivity contribution is -0.221. The Morgan fingerprint density at radius 2 is 1.89 bits per heavy atom. The van der Waals surface area contributed by atoms with E-state index in [4.69, 9.17) is 5.73 Å². The number of benzene rings is 1. The van der Waals surface area contributed by atoms with Gasteiger partial charge < -0.3 is 10.5 Å². The molecule has 37 heavy (non-hydrogen) atoms. The maximum Gasteiger partial charge on any atom is 0.490 e. The third-order valence-electron chi connectivity index (χ3n) is 6.68. The highest BCUT2D eigenvalue weighted by atomic mass is 32.2. The van der Waals surface area contributed by atoms with E-state index < -0.39 is 33.1 Å². The number of nitrogens with two attached hydrogens (primary N) is 1. The van der Waals surface area contributed by atoms with Crippen LogP contribution in [0.2, 0.25) is 0 Å². The first-order valence-electron chi connectivity index (χ1n) is 11.2. The normalized spacial score (nSPS) is 22.7. The van der Waals surface area contributed by atoms with Gasteiger partial charge in [0.1, 0.15) is 5.69 Å². The monoisotopic (exact) mass is 553 g/mol. The Kier molecular flexibility index (Phi) is 5.84. The summed E-state index contributed by atoms with van der Waals surface area (Å²) in [5, 5.41) is 0.839. The fraction of sp³-hybridized carbons (Fsp3) is 0.391. The van der Waals surface area contributed by atoms with Crippen LogP contribution in [-0.2, 0) is 19.6 Å². The molecule has 196 valence electrons. The molecule has 0 spiro atoms. The summed E-state index contributed by atoms with van der Waals surface area (Å²) in [6.07, 6.45) is -1.03. The predicted octanol–water partition coefficient (Wildman–Crippen LogP) is 3.77. The molecule has 9 nitrogen and oxygen atoms in total. The second-order valence-corrected chi connectivity index (χ2v) is 12.6. The predicted molar refractivity (Wildman–Crippen MR) is 129 cm³/mol. The number of halogens is 3. The van der Waals surface area contributed by atoms with Crippen molar-refractivity contribution in [2.45, 2.75) is 49.7 Å². The highest BCUT2D eigenvalue weighted by Gasteiger charge is 2.69. The Bertz CT molecular complexity index is 1500. The maximum absolute atomic E-state index is 13.2. The van der Waals surface area contributed by atoms with Crippen molar-refractivity contribution in [3.05, 3.63) is 41.2 Å². The molecular weight excluding hydrogens is 531 g/mol. The average molecular weight is 554 g/mol. The lowest BCUT2D eigenvalue weighted by Crippen LogP contribution is -2.75. The summed E-state index contributed by atoms with van der Waals surface area (Å²) in [4.78, 5) is 24.8. The largest absolute Gasteiger partial charge is 0.490 e. The standard InChI is InChI=1S/C23H22F3N5O4S2/c1-12-3-4-14(5-15(12)16-6-29-19(27)18(30-16)17-7-28-13(2)36-17)37(33,34)31-22-8-21(9-22,10-22)11-35-20(32)23(24,25)26/h3-7,31H,8-11H2,1-2H3,(H2,27,29). The van der Waals surface area contributed by atoms with Crippen LogP contribution in [0.25, 0.3) is 21.8 Å². The summed E-state index contributed by atoms with van der Waals surface area (Å²) in [6, 6.07) is 4.65. The van der Waals surface area contributed by atoms with E-state index in [1.807, 2.05) is 13.8 Å². The Balaban J connectivity index is 1.33. The summed E-state index contributed by atoms with van der Waals surface area (Å²) < 4.78 is 70.6. The van der Waals surface area contributed by atoms with E-state index in [1.165, 1.54) is 29.7 Å². The molecule has 3 fully saturated rings. The van der Waals surface area contributed by atoms with Crippen LogP contribution in [0.4, 0.5) is 19.0 Å². The number of hydrogen-bond acceptors (Lipinski definition) is 9. The molecule has 0 radical (unpaired) electrons. The molecule has 0 saturated heterocycles. The first-order chi connectivity index (χ1) is 17.2. The van der Waals surface area contributed by atoms with E-state index in [0.717, 1.165) is 15.4 Å². The smallest absolute Gasteiger partial charge is 0.458 e. The van der Waals surface area contributed by atoms with Crippen molar-refractivity contribution < 1.29 is 31.1 Å². The van der Waals surface area contributed by atoms with Gasteiger partial charge in [0, 0.05) is 22.7 Å². The van der Waals surface area contributed by atoms with Gasteiger partial charge in [0.05, 0.1) is 33.3 Å². The summed E-state index contributed by atoms with van der Waals surface area (Å²) in [6.45, 7) is 3.29. The number of rotatable bonds is 7. The molecule has 2 heterocycles. The second kappa shape index (κ2) is 8.46. The fourth-order valence-electron chi connectivity index (χ4n) is 5.13. The van der Waals surface area contributed by atoms with E-state index in [2.05, 4.69) is 24.4 Å². The number of thiazole rings is 1. The van der Waals surface area contributed by atoms with Crippen molar-refractivity contribution in [3.63, 3.8) is 0 Å². The van der Waals surface area contributed by atoms with Gasteiger partial charge in [-0.25, -0.2) is 32.9 Å². The van der Waals surface area contributed by atoms with Crippen LogP contribution in [0.5, 0.6) is 0 Å². The van der Waals surface area contributed by atoms with E-state index >= 15 is 0 Å². The van der Waals surface area contributed by atoms with Gasteiger partial charge in [-0.3, -0.25) is 0 Å². The van der Waals surface area contributed by atoms with Crippen LogP contribution < -0.4 is 10.5 Å². The number of sulfonamides is 1. The number of nitrogen functional groups attached to an aromatic ring is 1. The van der Waals surface area contributed by atoms with Gasteiger partial charge in [-0.05, 0) is 50.8 Å². The van der Waals surface area contributed by atoms with Crippen LogP contribution >= 0.6 is 11.3 Å². The number of esters is 1. The van der Waals surface area contributed by atoms with Gasteiger partial charge >= 0.3 is 12.1 Å². The highest BCUT2D eigenvalue weighted by Crippen LogP contribution is 2.67. The zero-order chi connectivity index (χ0) is 26.8. The number of aromatic nitrogens is 3. The molecule has 0 aliphatic heterocycles. The molecule has 6 rings (SSSR count). The van der Waals surface area contributed by atoms with Crippen LogP contribution in [-0.4, -0.2) is 47.7 Å². The van der Waals surface area contributed by atoms with Gasteiger partial charge in [0.2, 0.25) is 10.0 Å². The van der Waals surface area contributed by atoms with Gasteiger partial charge in [-0.2, -0.15) is 13.2 Å². The Morgan fingerprint density at radius 1 is 1.19 bits per heavy atom. The molecule has 0 atom stereocenters. The summed E-state index contributed by atoms with van der Waals surface area (Å²) in [5.41, 5.74) is 6.89. The molecular formula is C23H22F3N5O4S2. The minimum Gasteiger partial charge on any atom is -0.458 e. The molecule has 3 aliphatic carbocycles. The number of nitrogens with zero attached hydrogens (tertiary/aromatic N) is 3. The SMILES string of the molecule is Cc1ncc(-c2nc(-c3cc(S(=O)(=O)NC45CC(COC(=O)C(F)(F)F)(C4)C5)ccc3C)cnc2N)s1. The molecule has 2 bridgehead atoms. The molecule has 2 aromatic heterocycles. The topological polar surface area (TPSA) is 137 Å². The van der Waals surface area contributed by atoms with Crippen molar-refractivity contribution in [1.29, 1.82) is 0 Å². The van der Waals surface area contributed by atoms with E-state index in [0.29, 0.717) is 36.2 Å². The van der Waals surface area contributed by atoms with Crippen molar-refractivity contribution in [1.82, 2.24) is 19.7 Å². The minimum atomic E-state index is -5.05. The molecule has 0 amide bonds. The molecule has 3 N–H and O–H groups in total. The third kappa shape index (κ3) is 4.68. The zero-order valence-corrected chi connectivity index (χ0v) is 21.4. The lowest BCUT2D eigenvalue weighted by atomic mass is 9.40. The number of aryl methyl sites for hydroxylation is 2. The zero-order valence-electron chi connectivity index (χ0n) is 19.7. The second-order valence-electron chi connectivity index (χ2n) is 9.70. The number of nitrogens with one attached hydrogen (secondary N) is 1. The quantitative estimate of drug-likeness (QED) is 0.422. The molecule has 3 aromatic rings. The average Bonchev–Trinajstić information content (AvgIpc) is 3.20. The lowest BCUT2D eigenvalue weighted by Gasteiger charge is -2.69. The van der Waals surface area contributed by atoms with Crippen LogP contribution in [0.1, 0.15) is 29.8 Å². The molecule has 3 saturated carbocycles. The summed E-state index contributed by atoms with van der Waals surface area (Å²) in [5.74, 6) is -2.01. The van der Waals surface area contributed by atoms with Gasteiger partial charge in [-0.15, -0.1) is 11.3 Å². The van der Waals surface area contributed by atoms with Crippen molar-refractivity contribution in [2.75, 3.05) is 12.3 Å². The summed E-state index contributed by atoms with van der Waals surface area (Å²) in [7, 11) is -3.96. The number of ether oxygens (including phenoxy) is 1. The van der Waals surface area contributed by atoms with Gasteiger partial charge in [0.15, 0.2) is 5.82 Å². The Hall–Kier alpha value is -3.10. The maximum atomic E-state index is 13.2. The number of carbonyl (C=O) groups is 1. The molecule has 1 aromatic carbocycles. The summed E-state index contributed by atoms with van der Waals surface area (Å²) >= 11 is 1.41. The Morgan fingerprint density at radius 3 is 2.51 bits per heavy atom. The number of alkyl halides is 3. The highest BCUT2D eigenvalue weighted by molar-refractivity contribution is 7.89. The third-order valence-corrected chi connectivity index (χ3v) is 9.18. The molecule has 14 heteroatoms. The van der Waals surface area contributed by atoms with Crippen molar-refractivity contribution >= 4 is 33.1 Å². The van der Waals surface area contributed by atoms with Crippen LogP contribution in [0.15, 0.2) is 35.5 Å². The van der Waals surface area contributed by atoms with Crippen LogP contribution in [0, 0.1) is 19.3 Å². The molecule has 3 aliphatic rings. The fourth-order valence-corrected chi connectivity index (χ4v) is 7.33. The van der Waals surface area contributed by atoms with Crippen molar-refractivity contribution in [2.24, 2.45) is 5.41 Å². The number of anilines is 1. The number of hydrogen-bond donors (Lipinski definition) is 2. The first-order valence-corrected chi connectivity index (χ1v) is 13.5. The minimum absolute atomic E-state index is 0.0178. The van der Waals surface area contributed by atoms with Gasteiger partial charge in [-0.1, -0.05) is 6.07 Å². The Labute approximate surface area is 214 Å². The molecule has 0 unspecified atom stereocenters. The van der Waals surface area contributed by atoms with E-state index in [-0.39, 0.29) is 17.3 Å². The van der Waals surface area contributed by atoms with Gasteiger partial charge in [0.25, 0.3) is 0 Å². The van der Waals surface area contributed by atoms with Crippen LogP contribution in [0.3, 0.4) is 0 Å². The first kappa shape index (κ1) is 25.5. The van der Waals surface area contributed by atoms with E-state index in [1.54, 1.807) is 12.3 Å². The number of carbonyl (C=O) groups excluding carboxylic acids is 1. The van der Waals surface area contributed by atoms with Crippen molar-refractivity contribution in [3.8, 4) is 21.8 Å². The van der Waals surface area contributed by atoms with E-state index in [9.17, 15) is 26.4 Å².